The van der Waals surface area contributed by atoms with Gasteiger partial charge >= 0.3 is 0 Å². The number of amides is 1. The number of methoxy groups -OCH3 is 1. The fourth-order valence-electron chi connectivity index (χ4n) is 3.29. The summed E-state index contributed by atoms with van der Waals surface area (Å²) in [6, 6.07) is 5.41. The lowest BCUT2D eigenvalue weighted by Crippen LogP contribution is -2.30. The summed E-state index contributed by atoms with van der Waals surface area (Å²) in [5, 5.41) is 3.57. The van der Waals surface area contributed by atoms with Crippen LogP contribution in [0.5, 0.6) is 5.75 Å². The summed E-state index contributed by atoms with van der Waals surface area (Å²) in [4.78, 5) is 27.9. The SMILES string of the molecule is COc1ccc2c(c1)c(=O)ncn2CCCNC(=O)C1CCCC1. The van der Waals surface area contributed by atoms with Crippen molar-refractivity contribution in [1.82, 2.24) is 14.9 Å². The highest BCUT2D eigenvalue weighted by molar-refractivity contribution is 5.80. The van der Waals surface area contributed by atoms with Gasteiger partial charge in [-0.15, -0.1) is 0 Å². The first-order valence-corrected chi connectivity index (χ1v) is 8.50. The summed E-state index contributed by atoms with van der Waals surface area (Å²) < 4.78 is 7.11. The summed E-state index contributed by atoms with van der Waals surface area (Å²) in [7, 11) is 1.57. The van der Waals surface area contributed by atoms with Gasteiger partial charge < -0.3 is 14.6 Å². The van der Waals surface area contributed by atoms with Crippen LogP contribution in [0.1, 0.15) is 32.1 Å². The van der Waals surface area contributed by atoms with Crippen LogP contribution in [-0.2, 0) is 11.3 Å². The minimum atomic E-state index is -0.255. The van der Waals surface area contributed by atoms with Gasteiger partial charge in [0.1, 0.15) is 5.75 Å². The van der Waals surface area contributed by atoms with Gasteiger partial charge in [-0.3, -0.25) is 9.59 Å². The van der Waals surface area contributed by atoms with E-state index in [-0.39, 0.29) is 17.4 Å². The molecule has 6 nitrogen and oxygen atoms in total. The first kappa shape index (κ1) is 16.5. The van der Waals surface area contributed by atoms with Gasteiger partial charge in [0.05, 0.1) is 24.3 Å². The number of aryl methyl sites for hydroxylation is 1. The zero-order chi connectivity index (χ0) is 16.9. The smallest absolute Gasteiger partial charge is 0.280 e. The van der Waals surface area contributed by atoms with Crippen molar-refractivity contribution in [2.75, 3.05) is 13.7 Å². The Morgan fingerprint density at radius 3 is 2.92 bits per heavy atom. The summed E-state index contributed by atoms with van der Waals surface area (Å²) in [5.74, 6) is 1.02. The van der Waals surface area contributed by atoms with E-state index in [2.05, 4.69) is 10.3 Å². The van der Waals surface area contributed by atoms with Gasteiger partial charge in [-0.25, -0.2) is 0 Å². The maximum Gasteiger partial charge on any atom is 0.280 e. The number of aromatic nitrogens is 2. The molecule has 1 aromatic heterocycles. The van der Waals surface area contributed by atoms with Crippen molar-refractivity contribution in [3.63, 3.8) is 0 Å². The molecule has 24 heavy (non-hydrogen) atoms. The van der Waals surface area contributed by atoms with Gasteiger partial charge in [-0.2, -0.15) is 4.98 Å². The van der Waals surface area contributed by atoms with E-state index < -0.39 is 0 Å². The van der Waals surface area contributed by atoms with Gasteiger partial charge in [0.2, 0.25) is 5.91 Å². The molecular weight excluding hydrogens is 306 g/mol. The maximum absolute atomic E-state index is 12.0. The monoisotopic (exact) mass is 329 g/mol. The van der Waals surface area contributed by atoms with Gasteiger partial charge in [0.25, 0.3) is 5.56 Å². The second kappa shape index (κ2) is 7.47. The molecule has 0 atom stereocenters. The van der Waals surface area contributed by atoms with Crippen molar-refractivity contribution >= 4 is 16.8 Å². The molecule has 0 aliphatic heterocycles. The number of rotatable bonds is 6. The summed E-state index contributed by atoms with van der Waals surface area (Å²) in [6.45, 7) is 1.33. The Morgan fingerprint density at radius 1 is 1.38 bits per heavy atom. The van der Waals surface area contributed by atoms with Crippen LogP contribution in [0.3, 0.4) is 0 Å². The third kappa shape index (κ3) is 3.58. The van der Waals surface area contributed by atoms with Crippen LogP contribution in [0.2, 0.25) is 0 Å². The van der Waals surface area contributed by atoms with Gasteiger partial charge in [-0.1, -0.05) is 12.8 Å². The van der Waals surface area contributed by atoms with Gasteiger partial charge in [0.15, 0.2) is 0 Å². The van der Waals surface area contributed by atoms with E-state index in [1.165, 1.54) is 0 Å². The standard InChI is InChI=1S/C18H23N3O3/c1-24-14-7-8-16-15(11-14)18(23)20-12-21(16)10-4-9-19-17(22)13-5-2-3-6-13/h7-8,11-13H,2-6,9-10H2,1H3,(H,19,22). The quantitative estimate of drug-likeness (QED) is 0.824. The molecule has 0 radical (unpaired) electrons. The highest BCUT2D eigenvalue weighted by Crippen LogP contribution is 2.24. The summed E-state index contributed by atoms with van der Waals surface area (Å²) in [6.07, 6.45) is 6.72. The lowest BCUT2D eigenvalue weighted by molar-refractivity contribution is -0.124. The first-order chi connectivity index (χ1) is 11.7. The molecule has 1 heterocycles. The number of benzene rings is 1. The lowest BCUT2D eigenvalue weighted by Gasteiger charge is -2.13. The summed E-state index contributed by atoms with van der Waals surface area (Å²) in [5.41, 5.74) is 0.576. The Labute approximate surface area is 140 Å². The van der Waals surface area contributed by atoms with Crippen LogP contribution in [0.25, 0.3) is 10.9 Å². The molecule has 0 saturated heterocycles. The van der Waals surface area contributed by atoms with E-state index in [9.17, 15) is 9.59 Å². The first-order valence-electron chi connectivity index (χ1n) is 8.50. The van der Waals surface area contributed by atoms with Crippen molar-refractivity contribution in [3.05, 3.63) is 34.9 Å². The van der Waals surface area contributed by atoms with Crippen LogP contribution in [-0.4, -0.2) is 29.1 Å². The lowest BCUT2D eigenvalue weighted by atomic mass is 10.1. The average Bonchev–Trinajstić information content (AvgIpc) is 3.14. The molecule has 3 rings (SSSR count). The van der Waals surface area contributed by atoms with Crippen LogP contribution in [0.4, 0.5) is 0 Å². The van der Waals surface area contributed by atoms with E-state index >= 15 is 0 Å². The van der Waals surface area contributed by atoms with E-state index in [4.69, 9.17) is 4.74 Å². The Balaban J connectivity index is 1.62. The molecule has 0 bridgehead atoms. The Morgan fingerprint density at radius 2 is 2.17 bits per heavy atom. The molecule has 1 aliphatic rings. The molecule has 128 valence electrons. The van der Waals surface area contributed by atoms with Crippen LogP contribution in [0, 0.1) is 5.92 Å². The average molecular weight is 329 g/mol. The highest BCUT2D eigenvalue weighted by Gasteiger charge is 2.21. The highest BCUT2D eigenvalue weighted by atomic mass is 16.5. The van der Waals surface area contributed by atoms with Crippen molar-refractivity contribution in [2.24, 2.45) is 5.92 Å². The molecule has 1 aliphatic carbocycles. The number of fused-ring (bicyclic) bond motifs is 1. The van der Waals surface area contributed by atoms with Gasteiger partial charge in [0, 0.05) is 19.0 Å². The number of nitrogens with one attached hydrogen (secondary N) is 1. The fraction of sp³-hybridized carbons (Fsp3) is 0.500. The number of hydrogen-bond acceptors (Lipinski definition) is 4. The number of hydrogen-bond donors (Lipinski definition) is 1. The third-order valence-electron chi connectivity index (χ3n) is 4.66. The number of nitrogens with zero attached hydrogens (tertiary/aromatic N) is 2. The van der Waals surface area contributed by atoms with Crippen LogP contribution in [0.15, 0.2) is 29.3 Å². The van der Waals surface area contributed by atoms with E-state index in [0.29, 0.717) is 24.2 Å². The van der Waals surface area contributed by atoms with Crippen molar-refractivity contribution in [2.45, 2.75) is 38.6 Å². The van der Waals surface area contributed by atoms with Crippen molar-refractivity contribution < 1.29 is 9.53 Å². The molecule has 1 saturated carbocycles. The largest absolute Gasteiger partial charge is 0.497 e. The topological polar surface area (TPSA) is 73.2 Å². The molecule has 0 spiro atoms. The zero-order valence-electron chi connectivity index (χ0n) is 14.0. The number of carbonyl (C=O) groups excluding carboxylic acids is 1. The Kier molecular flexibility index (Phi) is 5.13. The normalized spacial score (nSPS) is 14.9. The second-order valence-electron chi connectivity index (χ2n) is 6.25. The molecular formula is C18H23N3O3. The van der Waals surface area contributed by atoms with Crippen LogP contribution < -0.4 is 15.6 Å². The minimum Gasteiger partial charge on any atom is -0.497 e. The second-order valence-corrected chi connectivity index (χ2v) is 6.25. The van der Waals surface area contributed by atoms with Crippen molar-refractivity contribution in [3.8, 4) is 5.75 Å². The predicted molar refractivity (Wildman–Crippen MR) is 92.1 cm³/mol. The van der Waals surface area contributed by atoms with E-state index in [1.54, 1.807) is 19.5 Å². The van der Waals surface area contributed by atoms with E-state index in [1.807, 2.05) is 16.7 Å². The maximum atomic E-state index is 12.0. The van der Waals surface area contributed by atoms with Crippen LogP contribution >= 0.6 is 0 Å². The molecule has 1 fully saturated rings. The van der Waals surface area contributed by atoms with E-state index in [0.717, 1.165) is 37.6 Å². The van der Waals surface area contributed by atoms with Crippen molar-refractivity contribution in [1.29, 1.82) is 0 Å². The minimum absolute atomic E-state index is 0.181. The fourth-order valence-corrected chi connectivity index (χ4v) is 3.29. The van der Waals surface area contributed by atoms with Gasteiger partial charge in [-0.05, 0) is 37.5 Å². The Hall–Kier alpha value is -2.37. The zero-order valence-corrected chi connectivity index (χ0v) is 14.0. The molecule has 1 amide bonds. The third-order valence-corrected chi connectivity index (χ3v) is 4.66. The molecule has 2 aromatic rings. The molecule has 1 aromatic carbocycles. The molecule has 0 unspecified atom stereocenters. The Bertz CT molecular complexity index is 779. The molecule has 1 N–H and O–H groups in total. The number of ether oxygens (including phenoxy) is 1. The molecule has 6 heteroatoms. The number of carbonyl (C=O) groups is 1. The predicted octanol–water partition coefficient (Wildman–Crippen LogP) is 2.10. The summed E-state index contributed by atoms with van der Waals surface area (Å²) >= 11 is 0.